The predicted molar refractivity (Wildman–Crippen MR) is 30.7 cm³/mol. The molecule has 0 aliphatic carbocycles. The summed E-state index contributed by atoms with van der Waals surface area (Å²) in [4.78, 5) is 14.7. The summed E-state index contributed by atoms with van der Waals surface area (Å²) >= 11 is 0. The van der Waals surface area contributed by atoms with E-state index >= 15 is 0 Å². The Kier molecular flexibility index (Phi) is 2.30. The molecule has 9 heavy (non-hydrogen) atoms. The minimum atomic E-state index is -0.565. The zero-order valence-corrected chi connectivity index (χ0v) is 5.76. The molecule has 4 nitrogen and oxygen atoms in total. The van der Waals surface area contributed by atoms with Gasteiger partial charge in [-0.1, -0.05) is 0 Å². The fourth-order valence-electron chi connectivity index (χ4n) is 0.178. The molecule has 1 N–H and O–H groups in total. The Morgan fingerprint density at radius 1 is 1.56 bits per heavy atom. The van der Waals surface area contributed by atoms with E-state index in [1.165, 1.54) is 0 Å². The first-order valence-electron chi connectivity index (χ1n) is 2.56. The average molecular weight is 130 g/mol. The Hall–Kier alpha value is -0.930. The number of carbonyl (C=O) groups is 1. The normalized spacial score (nSPS) is 10.6. The quantitative estimate of drug-likeness (QED) is 0.432. The van der Waals surface area contributed by atoms with Gasteiger partial charge in [-0.15, -0.1) is 0 Å². The van der Waals surface area contributed by atoms with Crippen LogP contribution in [-0.2, 0) is 9.63 Å². The number of nitrogens with one attached hydrogen (secondary N) is 1. The van der Waals surface area contributed by atoms with Gasteiger partial charge in [0.15, 0.2) is 0 Å². The van der Waals surface area contributed by atoms with E-state index in [1.54, 1.807) is 20.8 Å². The minimum absolute atomic E-state index is 0.488. The molecule has 4 heteroatoms. The molecule has 0 heterocycles. The fraction of sp³-hybridized carbons (Fsp3) is 0.800. The van der Waals surface area contributed by atoms with E-state index in [2.05, 4.69) is 10.1 Å². The van der Waals surface area contributed by atoms with Gasteiger partial charge >= 0.3 is 5.97 Å². The van der Waals surface area contributed by atoms with E-state index in [0.29, 0.717) is 0 Å². The second-order valence-electron chi connectivity index (χ2n) is 2.72. The fourth-order valence-corrected chi connectivity index (χ4v) is 0.178. The first-order valence-corrected chi connectivity index (χ1v) is 2.56. The molecule has 0 unspecified atom stereocenters. The third-order valence-corrected chi connectivity index (χ3v) is 0.741. The number of rotatable bonds is 1. The molecular formula is C5H10N2O2. The molecule has 0 aromatic rings. The summed E-state index contributed by atoms with van der Waals surface area (Å²) in [5.41, 5.74) is 5.63. The van der Waals surface area contributed by atoms with Crippen LogP contribution in [0.5, 0.6) is 0 Å². The lowest BCUT2D eigenvalue weighted by atomic mass is 9.98. The van der Waals surface area contributed by atoms with Crippen LogP contribution in [0.4, 0.5) is 0 Å². The molecule has 0 saturated heterocycles. The molecule has 0 aromatic heterocycles. The lowest BCUT2D eigenvalue weighted by Gasteiger charge is -2.11. The lowest BCUT2D eigenvalue weighted by Crippen LogP contribution is -2.20. The van der Waals surface area contributed by atoms with Crippen molar-refractivity contribution in [3.63, 3.8) is 0 Å². The topological polar surface area (TPSA) is 62.5 Å². The highest BCUT2D eigenvalue weighted by Gasteiger charge is 2.23. The van der Waals surface area contributed by atoms with Gasteiger partial charge in [0.05, 0.1) is 5.41 Å². The number of hydrogen-bond donors (Lipinski definition) is 1. The van der Waals surface area contributed by atoms with Crippen molar-refractivity contribution in [2.24, 2.45) is 10.7 Å². The lowest BCUT2D eigenvalue weighted by molar-refractivity contribution is -0.154. The number of nitrogens with zero attached hydrogens (tertiary/aromatic N) is 1. The van der Waals surface area contributed by atoms with Crippen LogP contribution < -0.4 is 0 Å². The van der Waals surface area contributed by atoms with Crippen LogP contribution in [0.25, 0.3) is 0 Å². The van der Waals surface area contributed by atoms with Gasteiger partial charge in [-0.3, -0.25) is 4.84 Å². The SMILES string of the molecule is CC(C)(C)C(=O)ON=N. The third-order valence-electron chi connectivity index (χ3n) is 0.741. The van der Waals surface area contributed by atoms with Crippen molar-refractivity contribution in [3.8, 4) is 0 Å². The molecule has 0 spiro atoms. The molecular weight excluding hydrogens is 120 g/mol. The van der Waals surface area contributed by atoms with Crippen LogP contribution in [0.3, 0.4) is 0 Å². The van der Waals surface area contributed by atoms with Crippen molar-refractivity contribution >= 4 is 5.97 Å². The third kappa shape index (κ3) is 2.79. The van der Waals surface area contributed by atoms with E-state index in [0.717, 1.165) is 0 Å². The summed E-state index contributed by atoms with van der Waals surface area (Å²) in [5, 5.41) is 2.50. The smallest absolute Gasteiger partial charge is 0.300 e. The van der Waals surface area contributed by atoms with Gasteiger partial charge in [-0.25, -0.2) is 4.79 Å². The van der Waals surface area contributed by atoms with Crippen LogP contribution in [0.15, 0.2) is 5.28 Å². The van der Waals surface area contributed by atoms with Crippen molar-refractivity contribution < 1.29 is 9.63 Å². The van der Waals surface area contributed by atoms with Crippen LogP contribution in [0.2, 0.25) is 0 Å². The van der Waals surface area contributed by atoms with Crippen molar-refractivity contribution in [2.75, 3.05) is 0 Å². The molecule has 0 aromatic carbocycles. The van der Waals surface area contributed by atoms with E-state index in [-0.39, 0.29) is 0 Å². The molecule has 0 saturated carbocycles. The van der Waals surface area contributed by atoms with Gasteiger partial charge in [0.2, 0.25) is 0 Å². The Labute approximate surface area is 53.7 Å². The van der Waals surface area contributed by atoms with Crippen molar-refractivity contribution in [1.29, 1.82) is 5.53 Å². The van der Waals surface area contributed by atoms with E-state index in [1.807, 2.05) is 0 Å². The Bertz CT molecular complexity index is 125. The maximum absolute atomic E-state index is 10.6. The zero-order chi connectivity index (χ0) is 7.49. The Morgan fingerprint density at radius 2 is 2.00 bits per heavy atom. The monoisotopic (exact) mass is 130 g/mol. The molecule has 0 atom stereocenters. The van der Waals surface area contributed by atoms with Crippen LogP contribution >= 0.6 is 0 Å². The van der Waals surface area contributed by atoms with Gasteiger partial charge in [-0.05, 0) is 20.8 Å². The van der Waals surface area contributed by atoms with E-state index in [9.17, 15) is 4.79 Å². The van der Waals surface area contributed by atoms with E-state index < -0.39 is 11.4 Å². The van der Waals surface area contributed by atoms with Crippen LogP contribution in [0.1, 0.15) is 20.8 Å². The van der Waals surface area contributed by atoms with Crippen LogP contribution in [0, 0.1) is 10.9 Å². The molecule has 0 bridgehead atoms. The van der Waals surface area contributed by atoms with Crippen molar-refractivity contribution in [2.45, 2.75) is 20.8 Å². The van der Waals surface area contributed by atoms with Gasteiger partial charge in [0, 0.05) is 5.28 Å². The molecule has 0 rings (SSSR count). The first-order chi connectivity index (χ1) is 3.98. The molecule has 52 valence electrons. The standard InChI is InChI=1S/C5H10N2O2/c1-5(2,3)4(8)9-7-6/h6H,1-3H3. The Balaban J connectivity index is 3.88. The second-order valence-corrected chi connectivity index (χ2v) is 2.72. The van der Waals surface area contributed by atoms with E-state index in [4.69, 9.17) is 5.53 Å². The summed E-state index contributed by atoms with van der Waals surface area (Å²) in [6.07, 6.45) is 0. The molecule has 0 aliphatic rings. The van der Waals surface area contributed by atoms with Gasteiger partial charge in [0.25, 0.3) is 0 Å². The highest BCUT2D eigenvalue weighted by molar-refractivity contribution is 5.74. The van der Waals surface area contributed by atoms with Crippen LogP contribution in [-0.4, -0.2) is 5.97 Å². The minimum Gasteiger partial charge on any atom is -0.300 e. The summed E-state index contributed by atoms with van der Waals surface area (Å²) in [6, 6.07) is 0. The molecule has 0 amide bonds. The molecule has 0 radical (unpaired) electrons. The van der Waals surface area contributed by atoms with Crippen molar-refractivity contribution in [3.05, 3.63) is 0 Å². The highest BCUT2D eigenvalue weighted by Crippen LogP contribution is 2.14. The summed E-state index contributed by atoms with van der Waals surface area (Å²) in [6.45, 7) is 5.08. The zero-order valence-electron chi connectivity index (χ0n) is 5.76. The summed E-state index contributed by atoms with van der Waals surface area (Å²) in [7, 11) is 0. The maximum Gasteiger partial charge on any atom is 0.342 e. The van der Waals surface area contributed by atoms with Gasteiger partial charge < -0.3 is 0 Å². The number of carbonyl (C=O) groups excluding carboxylic acids is 1. The maximum atomic E-state index is 10.6. The number of hydrogen-bond acceptors (Lipinski definition) is 4. The van der Waals surface area contributed by atoms with Gasteiger partial charge in [0.1, 0.15) is 0 Å². The molecule has 0 fully saturated rings. The van der Waals surface area contributed by atoms with Crippen molar-refractivity contribution in [1.82, 2.24) is 0 Å². The second kappa shape index (κ2) is 2.57. The first kappa shape index (κ1) is 8.07. The largest absolute Gasteiger partial charge is 0.342 e. The predicted octanol–water partition coefficient (Wildman–Crippen LogP) is 1.52. The average Bonchev–Trinajstić information content (AvgIpc) is 1.64. The summed E-state index contributed by atoms with van der Waals surface area (Å²) < 4.78 is 0. The molecule has 0 aliphatic heterocycles. The van der Waals surface area contributed by atoms with Gasteiger partial charge in [-0.2, -0.15) is 5.53 Å². The summed E-state index contributed by atoms with van der Waals surface area (Å²) in [5.74, 6) is -0.488. The highest BCUT2D eigenvalue weighted by atomic mass is 16.7. The Morgan fingerprint density at radius 3 is 2.11 bits per heavy atom.